The van der Waals surface area contributed by atoms with Crippen LogP contribution in [0.15, 0.2) is 35.4 Å². The Labute approximate surface area is 245 Å². The Morgan fingerprint density at radius 1 is 1.20 bits per heavy atom. The number of carbonyl (C=O) groups is 2. The number of pyridine rings is 2. The van der Waals surface area contributed by atoms with Gasteiger partial charge in [0.2, 0.25) is 0 Å². The van der Waals surface area contributed by atoms with E-state index in [0.29, 0.717) is 37.7 Å². The Kier molecular flexibility index (Phi) is 10.3. The minimum absolute atomic E-state index is 0.0153. The van der Waals surface area contributed by atoms with Gasteiger partial charge in [0.05, 0.1) is 11.3 Å². The molecule has 0 radical (unpaired) electrons. The zero-order chi connectivity index (χ0) is 30.5. The van der Waals surface area contributed by atoms with E-state index in [-0.39, 0.29) is 33.5 Å². The van der Waals surface area contributed by atoms with Gasteiger partial charge < -0.3 is 10.6 Å². The largest absolute Gasteiger partial charge is 0.384 e. The number of carbonyl (C=O) groups excluding carboxylic acids is 2. The van der Waals surface area contributed by atoms with E-state index in [1.54, 1.807) is 13.0 Å². The Morgan fingerprint density at radius 2 is 1.90 bits per heavy atom. The fourth-order valence-electron chi connectivity index (χ4n) is 5.31. The van der Waals surface area contributed by atoms with E-state index in [2.05, 4.69) is 55.3 Å². The van der Waals surface area contributed by atoms with E-state index in [9.17, 15) is 18.0 Å². The molecule has 2 aromatic heterocycles. The maximum Gasteiger partial charge on any atom is 0.281 e. The van der Waals surface area contributed by atoms with Crippen LogP contribution in [0.4, 0.5) is 11.6 Å². The van der Waals surface area contributed by atoms with E-state index in [1.165, 1.54) is 18.2 Å². The SMILES string of the molecule is CCCC(C)CN(CC)c1nc(C(C)(C)C)c(C2=CCC(C(C)=O)CC2)cc1C(=O)NS(=O)(=O)c1cccc(N)n1. The quantitative estimate of drug-likeness (QED) is 0.354. The molecule has 0 saturated carbocycles. The molecule has 3 rings (SSSR count). The molecule has 0 fully saturated rings. The van der Waals surface area contributed by atoms with Gasteiger partial charge in [-0.1, -0.05) is 53.2 Å². The fourth-order valence-corrected chi connectivity index (χ4v) is 6.25. The van der Waals surface area contributed by atoms with E-state index < -0.39 is 15.9 Å². The van der Waals surface area contributed by atoms with Crippen molar-refractivity contribution in [3.63, 3.8) is 0 Å². The minimum atomic E-state index is -4.29. The number of nitrogens with zero attached hydrogens (tertiary/aromatic N) is 3. The lowest BCUT2D eigenvalue weighted by Crippen LogP contribution is -2.36. The summed E-state index contributed by atoms with van der Waals surface area (Å²) in [5, 5.41) is -0.332. The molecule has 3 N–H and O–H groups in total. The first-order chi connectivity index (χ1) is 19.2. The average molecular weight is 584 g/mol. The topological polar surface area (TPSA) is 135 Å². The number of aromatic nitrogens is 2. The molecular weight excluding hydrogens is 538 g/mol. The molecule has 2 unspecified atom stereocenters. The lowest BCUT2D eigenvalue weighted by atomic mass is 9.80. The second-order valence-electron chi connectivity index (χ2n) is 12.1. The summed E-state index contributed by atoms with van der Waals surface area (Å²) in [6, 6.07) is 6.03. The highest BCUT2D eigenvalue weighted by Crippen LogP contribution is 2.38. The van der Waals surface area contributed by atoms with E-state index >= 15 is 0 Å². The molecule has 0 spiro atoms. The van der Waals surface area contributed by atoms with Crippen molar-refractivity contribution >= 4 is 38.9 Å². The van der Waals surface area contributed by atoms with Gasteiger partial charge in [0.25, 0.3) is 15.9 Å². The van der Waals surface area contributed by atoms with Crippen molar-refractivity contribution in [3.05, 3.63) is 47.2 Å². The van der Waals surface area contributed by atoms with Gasteiger partial charge in [-0.25, -0.2) is 14.7 Å². The van der Waals surface area contributed by atoms with Crippen LogP contribution in [0.25, 0.3) is 5.57 Å². The normalized spacial score (nSPS) is 16.6. The van der Waals surface area contributed by atoms with Crippen LogP contribution in [0, 0.1) is 11.8 Å². The highest BCUT2D eigenvalue weighted by Gasteiger charge is 2.31. The van der Waals surface area contributed by atoms with Gasteiger partial charge in [0, 0.05) is 30.0 Å². The second kappa shape index (κ2) is 13.1. The van der Waals surface area contributed by atoms with Crippen LogP contribution < -0.4 is 15.4 Å². The van der Waals surface area contributed by atoms with E-state index in [1.807, 2.05) is 6.92 Å². The molecule has 2 atom stereocenters. The maximum absolute atomic E-state index is 13.8. The van der Waals surface area contributed by atoms with Crippen molar-refractivity contribution in [1.29, 1.82) is 0 Å². The number of nitrogen functional groups attached to an aromatic ring is 1. The summed E-state index contributed by atoms with van der Waals surface area (Å²) < 4.78 is 28.5. The van der Waals surface area contributed by atoms with Crippen LogP contribution in [0.1, 0.15) is 102 Å². The molecule has 2 aromatic rings. The summed E-state index contributed by atoms with van der Waals surface area (Å²) in [6.07, 6.45) is 6.14. The predicted octanol–water partition coefficient (Wildman–Crippen LogP) is 5.51. The van der Waals surface area contributed by atoms with Gasteiger partial charge in [0.15, 0.2) is 5.03 Å². The van der Waals surface area contributed by atoms with E-state index in [4.69, 9.17) is 10.7 Å². The van der Waals surface area contributed by atoms with Crippen molar-refractivity contribution in [2.24, 2.45) is 11.8 Å². The van der Waals surface area contributed by atoms with E-state index in [0.717, 1.165) is 36.1 Å². The van der Waals surface area contributed by atoms with Crippen molar-refractivity contribution in [1.82, 2.24) is 14.7 Å². The summed E-state index contributed by atoms with van der Waals surface area (Å²) in [4.78, 5) is 36.9. The number of nitrogens with two attached hydrogens (primary N) is 1. The Hall–Kier alpha value is -3.27. The third-order valence-electron chi connectivity index (χ3n) is 7.53. The maximum atomic E-state index is 13.8. The van der Waals surface area contributed by atoms with Crippen molar-refractivity contribution in [2.45, 2.75) is 91.0 Å². The molecule has 9 nitrogen and oxygen atoms in total. The number of Topliss-reactive ketones (excluding diaryl/α,β-unsaturated/α-hetero) is 1. The molecule has 0 aromatic carbocycles. The lowest BCUT2D eigenvalue weighted by molar-refractivity contribution is -0.120. The van der Waals surface area contributed by atoms with Crippen LogP contribution in [0.3, 0.4) is 0 Å². The molecule has 224 valence electrons. The standard InChI is InChI=1S/C31H45N5O4S/c1-8-11-20(3)19-36(9-2)29-25(30(38)35-41(39,40)27-13-10-12-26(32)33-27)18-24(28(34-29)31(5,6)7)23-16-14-22(15-17-23)21(4)37/h10,12-13,16,18,20,22H,8-9,11,14-15,17,19H2,1-7H3,(H2,32,33)(H,35,38). The summed E-state index contributed by atoms with van der Waals surface area (Å²) >= 11 is 0. The van der Waals surface area contributed by atoms with Gasteiger partial charge in [-0.05, 0) is 69.2 Å². The molecule has 1 aliphatic carbocycles. The second-order valence-corrected chi connectivity index (χ2v) is 13.7. The molecule has 0 aliphatic heterocycles. The summed E-state index contributed by atoms with van der Waals surface area (Å²) in [6.45, 7) is 15.4. The zero-order valence-electron chi connectivity index (χ0n) is 25.5. The smallest absolute Gasteiger partial charge is 0.281 e. The Bertz CT molecular complexity index is 1410. The first-order valence-electron chi connectivity index (χ1n) is 14.5. The van der Waals surface area contributed by atoms with Gasteiger partial charge in [0.1, 0.15) is 17.4 Å². The number of ketones is 1. The molecule has 2 heterocycles. The highest BCUT2D eigenvalue weighted by atomic mass is 32.2. The number of rotatable bonds is 11. The zero-order valence-corrected chi connectivity index (χ0v) is 26.3. The number of anilines is 2. The number of allylic oxidation sites excluding steroid dienone is 2. The number of amides is 1. The van der Waals surface area contributed by atoms with Gasteiger partial charge >= 0.3 is 0 Å². The van der Waals surface area contributed by atoms with Crippen LogP contribution in [0.2, 0.25) is 0 Å². The number of hydrogen-bond acceptors (Lipinski definition) is 8. The molecule has 1 amide bonds. The monoisotopic (exact) mass is 583 g/mol. The first kappa shape index (κ1) is 32.2. The van der Waals surface area contributed by atoms with Crippen molar-refractivity contribution in [2.75, 3.05) is 23.7 Å². The Balaban J connectivity index is 2.19. The third kappa shape index (κ3) is 7.93. The summed E-state index contributed by atoms with van der Waals surface area (Å²) in [7, 11) is -4.29. The summed E-state index contributed by atoms with van der Waals surface area (Å²) in [5.41, 5.74) is 8.19. The van der Waals surface area contributed by atoms with Crippen LogP contribution in [-0.2, 0) is 20.2 Å². The number of sulfonamides is 1. The molecule has 1 aliphatic rings. The minimum Gasteiger partial charge on any atom is -0.384 e. The van der Waals surface area contributed by atoms with Gasteiger partial charge in [-0.3, -0.25) is 9.59 Å². The molecule has 0 saturated heterocycles. The number of hydrogen-bond donors (Lipinski definition) is 2. The van der Waals surface area contributed by atoms with Crippen LogP contribution in [-0.4, -0.2) is 43.2 Å². The lowest BCUT2D eigenvalue weighted by Gasteiger charge is -2.32. The van der Waals surface area contributed by atoms with Crippen LogP contribution in [0.5, 0.6) is 0 Å². The third-order valence-corrected chi connectivity index (χ3v) is 8.76. The Morgan fingerprint density at radius 3 is 2.44 bits per heavy atom. The fraction of sp³-hybridized carbons (Fsp3) is 0.548. The molecule has 0 bridgehead atoms. The average Bonchev–Trinajstić information content (AvgIpc) is 2.90. The molecule has 41 heavy (non-hydrogen) atoms. The highest BCUT2D eigenvalue weighted by molar-refractivity contribution is 7.90. The first-order valence-corrected chi connectivity index (χ1v) is 16.0. The van der Waals surface area contributed by atoms with Crippen LogP contribution >= 0.6 is 0 Å². The van der Waals surface area contributed by atoms with Crippen molar-refractivity contribution in [3.8, 4) is 0 Å². The van der Waals surface area contributed by atoms with Crippen molar-refractivity contribution < 1.29 is 18.0 Å². The predicted molar refractivity (Wildman–Crippen MR) is 164 cm³/mol. The molecular formula is C31H45N5O4S. The number of nitrogens with one attached hydrogen (secondary N) is 1. The van der Waals surface area contributed by atoms with Gasteiger partial charge in [-0.15, -0.1) is 0 Å². The molecule has 10 heteroatoms. The summed E-state index contributed by atoms with van der Waals surface area (Å²) in [5.74, 6) is 0.215. The van der Waals surface area contributed by atoms with Gasteiger partial charge in [-0.2, -0.15) is 8.42 Å².